The molecule has 0 atom stereocenters. The molecule has 3 aromatic rings. The van der Waals surface area contributed by atoms with E-state index in [1.807, 2.05) is 38.1 Å². The highest BCUT2D eigenvalue weighted by atomic mass is 35.5. The highest BCUT2D eigenvalue weighted by molar-refractivity contribution is 6.32. The number of H-pyrrole nitrogens is 1. The van der Waals surface area contributed by atoms with E-state index in [4.69, 9.17) is 21.1 Å². The number of rotatable bonds is 8. The van der Waals surface area contributed by atoms with Crippen molar-refractivity contribution in [3.63, 3.8) is 0 Å². The highest BCUT2D eigenvalue weighted by Gasteiger charge is 2.13. The number of halogens is 1. The first kappa shape index (κ1) is 20.0. The Morgan fingerprint density at radius 2 is 2.07 bits per heavy atom. The minimum Gasteiger partial charge on any atom is -0.490 e. The zero-order valence-corrected chi connectivity index (χ0v) is 17.3. The van der Waals surface area contributed by atoms with Crippen molar-refractivity contribution in [2.45, 2.75) is 27.7 Å². The van der Waals surface area contributed by atoms with Crippen molar-refractivity contribution in [1.29, 1.82) is 0 Å². The molecule has 0 aliphatic heterocycles. The number of benzene rings is 2. The maximum absolute atomic E-state index is 6.41. The number of imidazole rings is 1. The van der Waals surface area contributed by atoms with E-state index in [-0.39, 0.29) is 0 Å². The summed E-state index contributed by atoms with van der Waals surface area (Å²) >= 11 is 6.41. The molecular weight excluding hydrogens is 376 g/mol. The molecule has 0 amide bonds. The van der Waals surface area contributed by atoms with Gasteiger partial charge in [0.2, 0.25) is 5.95 Å². The van der Waals surface area contributed by atoms with Crippen molar-refractivity contribution in [2.24, 2.45) is 11.0 Å². The molecule has 0 aliphatic carbocycles. The van der Waals surface area contributed by atoms with Gasteiger partial charge in [0.25, 0.3) is 0 Å². The number of hydrogen-bond donors (Lipinski definition) is 2. The van der Waals surface area contributed by atoms with Crippen molar-refractivity contribution in [3.8, 4) is 11.5 Å². The number of fused-ring (bicyclic) bond motifs is 1. The second-order valence-corrected chi connectivity index (χ2v) is 7.35. The van der Waals surface area contributed by atoms with Crippen LogP contribution in [-0.2, 0) is 0 Å². The Hall–Kier alpha value is -2.73. The van der Waals surface area contributed by atoms with Gasteiger partial charge in [-0.2, -0.15) is 5.10 Å². The third-order valence-electron chi connectivity index (χ3n) is 3.91. The summed E-state index contributed by atoms with van der Waals surface area (Å²) in [6, 6.07) is 9.70. The lowest BCUT2D eigenvalue weighted by molar-refractivity contribution is 0.248. The van der Waals surface area contributed by atoms with Crippen molar-refractivity contribution >= 4 is 34.8 Å². The van der Waals surface area contributed by atoms with Crippen LogP contribution in [0.5, 0.6) is 11.5 Å². The molecule has 0 spiro atoms. The Labute approximate surface area is 169 Å². The van der Waals surface area contributed by atoms with Gasteiger partial charge in [-0.25, -0.2) is 10.4 Å². The molecule has 2 N–H and O–H groups in total. The molecule has 0 radical (unpaired) electrons. The van der Waals surface area contributed by atoms with Crippen LogP contribution in [-0.4, -0.2) is 29.4 Å². The first-order valence-corrected chi connectivity index (χ1v) is 9.68. The van der Waals surface area contributed by atoms with Crippen LogP contribution in [0, 0.1) is 12.8 Å². The number of anilines is 1. The molecule has 6 nitrogen and oxygen atoms in total. The summed E-state index contributed by atoms with van der Waals surface area (Å²) < 4.78 is 11.5. The molecule has 7 heteroatoms. The van der Waals surface area contributed by atoms with Crippen LogP contribution in [0.25, 0.3) is 11.0 Å². The molecule has 28 heavy (non-hydrogen) atoms. The van der Waals surface area contributed by atoms with Crippen LogP contribution in [0.2, 0.25) is 5.02 Å². The molecule has 0 aliphatic rings. The van der Waals surface area contributed by atoms with Gasteiger partial charge in [0, 0.05) is 0 Å². The van der Waals surface area contributed by atoms with E-state index in [9.17, 15) is 0 Å². The fourth-order valence-corrected chi connectivity index (χ4v) is 2.93. The van der Waals surface area contributed by atoms with Crippen molar-refractivity contribution in [3.05, 3.63) is 46.5 Å². The predicted molar refractivity (Wildman–Crippen MR) is 115 cm³/mol. The minimum atomic E-state index is 0.392. The molecule has 0 bridgehead atoms. The molecule has 0 saturated carbocycles. The predicted octanol–water partition coefficient (Wildman–Crippen LogP) is 5.40. The van der Waals surface area contributed by atoms with E-state index >= 15 is 0 Å². The molecular formula is C21H25ClN4O2. The number of aromatic nitrogens is 2. The fraction of sp³-hybridized carbons (Fsp3) is 0.333. The standard InChI is InChI=1S/C21H25ClN4O2/c1-5-27-19-10-15(9-16(22)20(19)28-12-13(2)3)11-23-26-21-24-17-7-6-14(4)8-18(17)25-21/h6-11,13H,5,12H2,1-4H3,(H2,24,25,26)/b23-11-. The zero-order chi connectivity index (χ0) is 20.1. The molecule has 0 unspecified atom stereocenters. The van der Waals surface area contributed by atoms with E-state index in [0.717, 1.165) is 16.6 Å². The highest BCUT2D eigenvalue weighted by Crippen LogP contribution is 2.36. The monoisotopic (exact) mass is 400 g/mol. The summed E-state index contributed by atoms with van der Waals surface area (Å²) in [7, 11) is 0. The summed E-state index contributed by atoms with van der Waals surface area (Å²) in [5.41, 5.74) is 6.73. The third kappa shape index (κ3) is 4.95. The second-order valence-electron chi connectivity index (χ2n) is 6.94. The summed E-state index contributed by atoms with van der Waals surface area (Å²) in [6.45, 7) is 9.22. The molecule has 2 aromatic carbocycles. The molecule has 0 saturated heterocycles. The van der Waals surface area contributed by atoms with Gasteiger partial charge in [0.05, 0.1) is 35.5 Å². The van der Waals surface area contributed by atoms with Crippen molar-refractivity contribution in [2.75, 3.05) is 18.6 Å². The first-order chi connectivity index (χ1) is 13.5. The van der Waals surface area contributed by atoms with Gasteiger partial charge in [-0.05, 0) is 55.2 Å². The van der Waals surface area contributed by atoms with E-state index in [0.29, 0.717) is 41.6 Å². The number of ether oxygens (including phenoxy) is 2. The average Bonchev–Trinajstić information content (AvgIpc) is 3.03. The molecule has 1 heterocycles. The van der Waals surface area contributed by atoms with Crippen molar-refractivity contribution in [1.82, 2.24) is 9.97 Å². The fourth-order valence-electron chi connectivity index (χ4n) is 2.66. The Kier molecular flexibility index (Phi) is 6.41. The Morgan fingerprint density at radius 1 is 1.25 bits per heavy atom. The van der Waals surface area contributed by atoms with E-state index in [2.05, 4.69) is 34.3 Å². The third-order valence-corrected chi connectivity index (χ3v) is 4.19. The molecule has 1 aromatic heterocycles. The largest absolute Gasteiger partial charge is 0.490 e. The van der Waals surface area contributed by atoms with Crippen LogP contribution in [0.3, 0.4) is 0 Å². The maximum atomic E-state index is 6.41. The van der Waals surface area contributed by atoms with Gasteiger partial charge < -0.3 is 14.5 Å². The van der Waals surface area contributed by atoms with Crippen LogP contribution in [0.15, 0.2) is 35.4 Å². The lowest BCUT2D eigenvalue weighted by atomic mass is 10.2. The van der Waals surface area contributed by atoms with E-state index in [1.165, 1.54) is 5.56 Å². The summed E-state index contributed by atoms with van der Waals surface area (Å²) in [5, 5.41) is 4.74. The van der Waals surface area contributed by atoms with E-state index in [1.54, 1.807) is 12.3 Å². The number of aryl methyl sites for hydroxylation is 1. The number of nitrogens with zero attached hydrogens (tertiary/aromatic N) is 2. The van der Waals surface area contributed by atoms with Crippen LogP contribution in [0.4, 0.5) is 5.95 Å². The average molecular weight is 401 g/mol. The van der Waals surface area contributed by atoms with Gasteiger partial charge in [-0.1, -0.05) is 31.5 Å². The van der Waals surface area contributed by atoms with Gasteiger partial charge in [0.1, 0.15) is 0 Å². The van der Waals surface area contributed by atoms with Gasteiger partial charge in [-0.3, -0.25) is 0 Å². The SMILES string of the molecule is CCOc1cc(/C=N\Nc2nc3ccc(C)cc3[nH]2)cc(Cl)c1OCC(C)C. The normalized spacial score (nSPS) is 11.5. The Balaban J connectivity index is 1.76. The molecule has 0 fully saturated rings. The summed E-state index contributed by atoms with van der Waals surface area (Å²) in [6.07, 6.45) is 1.67. The Bertz CT molecular complexity index is 982. The van der Waals surface area contributed by atoms with Crippen LogP contribution in [0.1, 0.15) is 31.9 Å². The smallest absolute Gasteiger partial charge is 0.222 e. The number of hydrogen-bond acceptors (Lipinski definition) is 5. The lowest BCUT2D eigenvalue weighted by Gasteiger charge is -2.15. The van der Waals surface area contributed by atoms with Gasteiger partial charge in [0.15, 0.2) is 11.5 Å². The van der Waals surface area contributed by atoms with Crippen LogP contribution < -0.4 is 14.9 Å². The molecule has 148 valence electrons. The summed E-state index contributed by atoms with van der Waals surface area (Å²) in [4.78, 5) is 7.65. The van der Waals surface area contributed by atoms with Gasteiger partial charge >= 0.3 is 0 Å². The van der Waals surface area contributed by atoms with Crippen molar-refractivity contribution < 1.29 is 9.47 Å². The quantitative estimate of drug-likeness (QED) is 0.392. The number of aromatic amines is 1. The topological polar surface area (TPSA) is 71.5 Å². The molecule has 3 rings (SSSR count). The summed E-state index contributed by atoms with van der Waals surface area (Å²) in [5.74, 6) is 2.14. The Morgan fingerprint density at radius 3 is 2.82 bits per heavy atom. The zero-order valence-electron chi connectivity index (χ0n) is 16.5. The van der Waals surface area contributed by atoms with E-state index < -0.39 is 0 Å². The number of hydrazone groups is 1. The minimum absolute atomic E-state index is 0.392. The van der Waals surface area contributed by atoms with Gasteiger partial charge in [-0.15, -0.1) is 0 Å². The number of nitrogens with one attached hydrogen (secondary N) is 2. The maximum Gasteiger partial charge on any atom is 0.222 e. The lowest BCUT2D eigenvalue weighted by Crippen LogP contribution is -2.07. The second kappa shape index (κ2) is 8.97. The first-order valence-electron chi connectivity index (χ1n) is 9.31. The van der Waals surface area contributed by atoms with Crippen LogP contribution >= 0.6 is 11.6 Å².